The van der Waals surface area contributed by atoms with Crippen molar-refractivity contribution in [3.63, 3.8) is 0 Å². The molecule has 1 aromatic heterocycles. The van der Waals surface area contributed by atoms with E-state index in [9.17, 15) is 0 Å². The third-order valence-corrected chi connectivity index (χ3v) is 2.88. The van der Waals surface area contributed by atoms with E-state index in [-0.39, 0.29) is 0 Å². The average molecular weight is 200 g/mol. The zero-order chi connectivity index (χ0) is 8.72. The number of hydrogen-bond acceptors (Lipinski definition) is 0. The molecule has 3 heteroatoms. The summed E-state index contributed by atoms with van der Waals surface area (Å²) in [4.78, 5) is 0. The fourth-order valence-electron chi connectivity index (χ4n) is 1.29. The van der Waals surface area contributed by atoms with Crippen LogP contribution in [0.25, 0.3) is 10.9 Å². The molecule has 0 aliphatic rings. The van der Waals surface area contributed by atoms with E-state index in [4.69, 9.17) is 23.4 Å². The lowest BCUT2D eigenvalue weighted by Crippen LogP contribution is -1.80. The minimum absolute atomic E-state index is 0.737. The molecule has 0 spiro atoms. The van der Waals surface area contributed by atoms with Crippen molar-refractivity contribution in [3.05, 3.63) is 35.0 Å². The van der Waals surface area contributed by atoms with Crippen molar-refractivity contribution in [1.29, 1.82) is 0 Å². The molecule has 0 unspecified atom stereocenters. The predicted octanol–water partition coefficient (Wildman–Crippen LogP) is 3.61. The van der Waals surface area contributed by atoms with Crippen molar-refractivity contribution in [2.45, 2.75) is 6.92 Å². The van der Waals surface area contributed by atoms with Crippen LogP contribution in [0.2, 0.25) is 5.02 Å². The van der Waals surface area contributed by atoms with E-state index in [2.05, 4.69) is 0 Å². The Kier molecular flexibility index (Phi) is 1.78. The molecule has 2 rings (SSSR count). The maximum Gasteiger partial charge on any atom is 0.0705 e. The molecule has 0 radical (unpaired) electrons. The van der Waals surface area contributed by atoms with Crippen LogP contribution >= 0.6 is 23.4 Å². The van der Waals surface area contributed by atoms with E-state index in [1.165, 1.54) is 0 Å². The Balaban J connectivity index is 2.99. The van der Waals surface area contributed by atoms with Crippen LogP contribution in [-0.4, -0.2) is 4.09 Å². The molecule has 0 saturated heterocycles. The second-order valence-electron chi connectivity index (χ2n) is 2.70. The van der Waals surface area contributed by atoms with Crippen LogP contribution in [0.1, 0.15) is 5.69 Å². The maximum atomic E-state index is 6.04. The van der Waals surface area contributed by atoms with Crippen molar-refractivity contribution in [2.24, 2.45) is 0 Å². The lowest BCUT2D eigenvalue weighted by Gasteiger charge is -1.92. The molecule has 2 aromatic rings. The molecule has 0 bridgehead atoms. The molecule has 1 heterocycles. The number of fused-ring (bicyclic) bond motifs is 1. The first-order valence-corrected chi connectivity index (χ1v) is 4.35. The molecular formula is C9H7Cl2N. The normalized spacial score (nSPS) is 10.9. The van der Waals surface area contributed by atoms with Crippen LogP contribution in [0, 0.1) is 6.92 Å². The smallest absolute Gasteiger partial charge is 0.0705 e. The van der Waals surface area contributed by atoms with Gasteiger partial charge in [0.05, 0.1) is 16.2 Å². The second-order valence-corrected chi connectivity index (χ2v) is 3.41. The zero-order valence-corrected chi connectivity index (χ0v) is 8.02. The van der Waals surface area contributed by atoms with Crippen molar-refractivity contribution in [3.8, 4) is 0 Å². The average Bonchev–Trinajstić information content (AvgIpc) is 2.33. The number of aromatic nitrogens is 1. The third-order valence-electron chi connectivity index (χ3n) is 1.96. The number of halogens is 2. The lowest BCUT2D eigenvalue weighted by atomic mass is 10.2. The van der Waals surface area contributed by atoms with Gasteiger partial charge in [0.15, 0.2) is 0 Å². The number of para-hydroxylation sites is 1. The fraction of sp³-hybridized carbons (Fsp3) is 0.111. The van der Waals surface area contributed by atoms with Gasteiger partial charge in [0.2, 0.25) is 0 Å². The molecule has 0 saturated carbocycles. The van der Waals surface area contributed by atoms with Crippen molar-refractivity contribution in [1.82, 2.24) is 4.09 Å². The van der Waals surface area contributed by atoms with Crippen LogP contribution < -0.4 is 0 Å². The van der Waals surface area contributed by atoms with Crippen molar-refractivity contribution in [2.75, 3.05) is 0 Å². The van der Waals surface area contributed by atoms with Crippen molar-refractivity contribution < 1.29 is 0 Å². The molecule has 1 aromatic carbocycles. The molecule has 0 aliphatic heterocycles. The van der Waals surface area contributed by atoms with Gasteiger partial charge in [-0.1, -0.05) is 29.8 Å². The number of hydrogen-bond donors (Lipinski definition) is 0. The first-order chi connectivity index (χ1) is 5.72. The summed E-state index contributed by atoms with van der Waals surface area (Å²) < 4.78 is 1.58. The Morgan fingerprint density at radius 1 is 1.25 bits per heavy atom. The summed E-state index contributed by atoms with van der Waals surface area (Å²) in [6, 6.07) is 7.80. The van der Waals surface area contributed by atoms with Gasteiger partial charge >= 0.3 is 0 Å². The standard InChI is InChI=1S/C9H7Cl2N/c1-6-9(10)7-4-2-3-5-8(7)12(6)11/h2-5H,1H3. The van der Waals surface area contributed by atoms with Gasteiger partial charge in [0.1, 0.15) is 0 Å². The summed E-state index contributed by atoms with van der Waals surface area (Å²) in [5.41, 5.74) is 1.85. The topological polar surface area (TPSA) is 4.93 Å². The Bertz CT molecular complexity index is 392. The molecular weight excluding hydrogens is 193 g/mol. The minimum Gasteiger partial charge on any atom is -0.256 e. The van der Waals surface area contributed by atoms with Crippen molar-refractivity contribution >= 4 is 34.3 Å². The summed E-state index contributed by atoms with van der Waals surface area (Å²) in [7, 11) is 0. The molecule has 0 amide bonds. The quantitative estimate of drug-likeness (QED) is 0.612. The van der Waals surface area contributed by atoms with E-state index in [1.54, 1.807) is 4.09 Å². The van der Waals surface area contributed by atoms with E-state index < -0.39 is 0 Å². The molecule has 62 valence electrons. The summed E-state index contributed by atoms with van der Waals surface area (Å²) >= 11 is 12.0. The SMILES string of the molecule is Cc1c(Cl)c2ccccc2n1Cl. The minimum atomic E-state index is 0.737. The van der Waals surface area contributed by atoms with Gasteiger partial charge in [-0.3, -0.25) is 4.09 Å². The number of benzene rings is 1. The molecule has 12 heavy (non-hydrogen) atoms. The van der Waals surface area contributed by atoms with Crippen LogP contribution in [-0.2, 0) is 0 Å². The fourth-order valence-corrected chi connectivity index (χ4v) is 1.81. The predicted molar refractivity (Wildman–Crippen MR) is 52.9 cm³/mol. The highest BCUT2D eigenvalue weighted by atomic mass is 35.5. The van der Waals surface area contributed by atoms with E-state index in [0.29, 0.717) is 0 Å². The molecule has 0 fully saturated rings. The monoisotopic (exact) mass is 199 g/mol. The maximum absolute atomic E-state index is 6.04. The van der Waals surface area contributed by atoms with E-state index in [1.807, 2.05) is 31.2 Å². The second kappa shape index (κ2) is 2.68. The van der Waals surface area contributed by atoms with Gasteiger partial charge in [-0.25, -0.2) is 0 Å². The highest BCUT2D eigenvalue weighted by molar-refractivity contribution is 6.37. The molecule has 0 aliphatic carbocycles. The molecule has 0 N–H and O–H groups in total. The highest BCUT2D eigenvalue weighted by Gasteiger charge is 2.09. The lowest BCUT2D eigenvalue weighted by molar-refractivity contribution is 1.20. The molecule has 0 atom stereocenters. The highest BCUT2D eigenvalue weighted by Crippen LogP contribution is 2.30. The van der Waals surface area contributed by atoms with Gasteiger partial charge in [-0.15, -0.1) is 0 Å². The Hall–Kier alpha value is -0.660. The van der Waals surface area contributed by atoms with Gasteiger partial charge in [-0.05, 0) is 13.0 Å². The zero-order valence-electron chi connectivity index (χ0n) is 6.51. The number of rotatable bonds is 0. The van der Waals surface area contributed by atoms with Gasteiger partial charge < -0.3 is 0 Å². The van der Waals surface area contributed by atoms with E-state index in [0.717, 1.165) is 21.6 Å². The summed E-state index contributed by atoms with van der Waals surface area (Å²) in [5, 5.41) is 1.74. The Morgan fingerprint density at radius 2 is 1.92 bits per heavy atom. The van der Waals surface area contributed by atoms with Crippen LogP contribution in [0.3, 0.4) is 0 Å². The van der Waals surface area contributed by atoms with Crippen LogP contribution in [0.5, 0.6) is 0 Å². The van der Waals surface area contributed by atoms with Gasteiger partial charge in [0, 0.05) is 17.2 Å². The van der Waals surface area contributed by atoms with Gasteiger partial charge in [-0.2, -0.15) is 0 Å². The first kappa shape index (κ1) is 7.96. The number of nitrogens with zero attached hydrogens (tertiary/aromatic N) is 1. The largest absolute Gasteiger partial charge is 0.256 e. The summed E-state index contributed by atoms with van der Waals surface area (Å²) in [6.45, 7) is 1.90. The third kappa shape index (κ3) is 0.936. The van der Waals surface area contributed by atoms with Gasteiger partial charge in [0.25, 0.3) is 0 Å². The Morgan fingerprint density at radius 3 is 2.58 bits per heavy atom. The summed E-state index contributed by atoms with van der Waals surface area (Å²) in [5.74, 6) is 0. The van der Waals surface area contributed by atoms with Crippen LogP contribution in [0.15, 0.2) is 24.3 Å². The molecule has 1 nitrogen and oxygen atoms in total. The van der Waals surface area contributed by atoms with E-state index >= 15 is 0 Å². The Labute approximate surface area is 80.6 Å². The van der Waals surface area contributed by atoms with Crippen LogP contribution in [0.4, 0.5) is 0 Å². The summed E-state index contributed by atoms with van der Waals surface area (Å²) in [6.07, 6.45) is 0. The first-order valence-electron chi connectivity index (χ1n) is 3.63.